The van der Waals surface area contributed by atoms with Gasteiger partial charge in [-0.05, 0) is 85.9 Å². The fourth-order valence-electron chi connectivity index (χ4n) is 7.34. The Bertz CT molecular complexity index is 1530. The van der Waals surface area contributed by atoms with Gasteiger partial charge >= 0.3 is 6.18 Å². The lowest BCUT2D eigenvalue weighted by Crippen LogP contribution is -2.54. The number of carbonyl (C=O) groups excluding carboxylic acids is 5. The first-order valence-corrected chi connectivity index (χ1v) is 15.5. The van der Waals surface area contributed by atoms with Crippen LogP contribution >= 0.6 is 0 Å². The van der Waals surface area contributed by atoms with Gasteiger partial charge in [-0.3, -0.25) is 39.1 Å². The van der Waals surface area contributed by atoms with Gasteiger partial charge in [0.15, 0.2) is 0 Å². The third-order valence-electron chi connectivity index (χ3n) is 9.66. The zero-order valence-electron chi connectivity index (χ0n) is 24.8. The molecule has 9 nitrogen and oxygen atoms in total. The van der Waals surface area contributed by atoms with E-state index in [9.17, 15) is 37.1 Å². The summed E-state index contributed by atoms with van der Waals surface area (Å²) in [6.45, 7) is 3.24. The molecule has 3 saturated heterocycles. The number of likely N-dealkylation sites (tertiary alicyclic amines) is 2. The number of amides is 5. The fourth-order valence-corrected chi connectivity index (χ4v) is 7.34. The van der Waals surface area contributed by atoms with E-state index in [0.717, 1.165) is 54.8 Å². The minimum Gasteiger partial charge on any atom is -0.342 e. The van der Waals surface area contributed by atoms with Crippen molar-refractivity contribution in [3.63, 3.8) is 0 Å². The molecular formula is C33H35F3N4O5. The molecule has 4 aliphatic rings. The number of imide groups is 2. The van der Waals surface area contributed by atoms with E-state index in [-0.39, 0.29) is 24.0 Å². The SMILES string of the molecule is O=C1CCC(N2C(=O)c3cccc(-c4cccc(CN5CCC(C6CCN(C(=O)CC(F)(F)F)CC6)CC5)c4)c3C2=O)C(=O)N1. The van der Waals surface area contributed by atoms with E-state index in [0.29, 0.717) is 37.0 Å². The van der Waals surface area contributed by atoms with Gasteiger partial charge in [-0.25, -0.2) is 0 Å². The number of hydrogen-bond donors (Lipinski definition) is 1. The second-order valence-corrected chi connectivity index (χ2v) is 12.5. The van der Waals surface area contributed by atoms with Gasteiger partial charge in [0.25, 0.3) is 11.8 Å². The molecule has 0 radical (unpaired) electrons. The Morgan fingerprint density at radius 3 is 2.13 bits per heavy atom. The summed E-state index contributed by atoms with van der Waals surface area (Å²) in [4.78, 5) is 67.6. The average Bonchev–Trinajstić information content (AvgIpc) is 3.26. The highest BCUT2D eigenvalue weighted by Gasteiger charge is 2.45. The summed E-state index contributed by atoms with van der Waals surface area (Å²) in [5.74, 6) is -2.08. The van der Waals surface area contributed by atoms with Crippen molar-refractivity contribution in [1.29, 1.82) is 0 Å². The van der Waals surface area contributed by atoms with Gasteiger partial charge in [-0.1, -0.05) is 30.3 Å². The molecule has 0 spiro atoms. The number of nitrogens with one attached hydrogen (secondary N) is 1. The minimum atomic E-state index is -4.48. The van der Waals surface area contributed by atoms with E-state index >= 15 is 0 Å². The van der Waals surface area contributed by atoms with E-state index in [1.807, 2.05) is 24.3 Å². The second-order valence-electron chi connectivity index (χ2n) is 12.5. The zero-order chi connectivity index (χ0) is 31.9. The summed E-state index contributed by atoms with van der Waals surface area (Å²) in [7, 11) is 0. The molecule has 0 aliphatic carbocycles. The lowest BCUT2D eigenvalue weighted by Gasteiger charge is -2.40. The van der Waals surface area contributed by atoms with Crippen molar-refractivity contribution >= 4 is 29.5 Å². The van der Waals surface area contributed by atoms with Gasteiger partial charge in [0.05, 0.1) is 11.1 Å². The number of benzene rings is 2. The van der Waals surface area contributed by atoms with Crippen molar-refractivity contribution in [2.75, 3.05) is 26.2 Å². The molecule has 4 heterocycles. The van der Waals surface area contributed by atoms with Gasteiger partial charge in [-0.15, -0.1) is 0 Å². The third kappa shape index (κ3) is 6.51. The lowest BCUT2D eigenvalue weighted by atomic mass is 9.78. The summed E-state index contributed by atoms with van der Waals surface area (Å²) in [5.41, 5.74) is 2.96. The average molecular weight is 625 g/mol. The fraction of sp³-hybridized carbons (Fsp3) is 0.485. The number of halogens is 3. The molecule has 2 aromatic carbocycles. The second kappa shape index (κ2) is 12.4. The van der Waals surface area contributed by atoms with Gasteiger partial charge in [-0.2, -0.15) is 13.2 Å². The number of fused-ring (bicyclic) bond motifs is 1. The van der Waals surface area contributed by atoms with Crippen molar-refractivity contribution < 1.29 is 37.1 Å². The number of rotatable bonds is 6. The van der Waals surface area contributed by atoms with Gasteiger partial charge in [0.2, 0.25) is 17.7 Å². The Labute approximate surface area is 258 Å². The van der Waals surface area contributed by atoms with Crippen molar-refractivity contribution in [1.82, 2.24) is 20.0 Å². The number of alkyl halides is 3. The van der Waals surface area contributed by atoms with Gasteiger partial charge < -0.3 is 4.90 Å². The molecule has 3 fully saturated rings. The van der Waals surface area contributed by atoms with Crippen LogP contribution in [0.5, 0.6) is 0 Å². The number of carbonyl (C=O) groups is 5. The Hall–Kier alpha value is -4.06. The number of hydrogen-bond acceptors (Lipinski definition) is 6. The van der Waals surface area contributed by atoms with Crippen LogP contribution in [0, 0.1) is 11.8 Å². The normalized spacial score (nSPS) is 22.2. The Morgan fingerprint density at radius 1 is 0.822 bits per heavy atom. The molecule has 5 amide bonds. The predicted octanol–water partition coefficient (Wildman–Crippen LogP) is 4.16. The molecule has 0 aromatic heterocycles. The third-order valence-corrected chi connectivity index (χ3v) is 9.66. The molecular weight excluding hydrogens is 589 g/mol. The maximum Gasteiger partial charge on any atom is 0.397 e. The summed E-state index contributed by atoms with van der Waals surface area (Å²) >= 11 is 0. The monoisotopic (exact) mass is 624 g/mol. The topological polar surface area (TPSA) is 107 Å². The Kier molecular flexibility index (Phi) is 8.51. The standard InChI is InChI=1S/C33H35F3N4O5/c34-33(35,36)18-28(42)39-15-11-22(12-16-39)21-9-13-38(14-10-21)19-20-3-1-4-23(17-20)24-5-2-6-25-29(24)32(45)40(31(25)44)26-7-8-27(41)37-30(26)43/h1-6,17,21-22,26H,7-16,18-19H2,(H,37,41,43). The first-order valence-electron chi connectivity index (χ1n) is 15.5. The smallest absolute Gasteiger partial charge is 0.342 e. The van der Waals surface area contributed by atoms with E-state index in [2.05, 4.69) is 10.2 Å². The van der Waals surface area contributed by atoms with Gasteiger partial charge in [0, 0.05) is 26.1 Å². The van der Waals surface area contributed by atoms with Gasteiger partial charge in [0.1, 0.15) is 12.5 Å². The highest BCUT2D eigenvalue weighted by molar-refractivity contribution is 6.25. The van der Waals surface area contributed by atoms with Crippen molar-refractivity contribution in [2.45, 2.75) is 63.7 Å². The van der Waals surface area contributed by atoms with Crippen LogP contribution in [0.1, 0.15) is 71.2 Å². The van der Waals surface area contributed by atoms with Crippen LogP contribution in [0.3, 0.4) is 0 Å². The minimum absolute atomic E-state index is 0.0571. The molecule has 45 heavy (non-hydrogen) atoms. The van der Waals surface area contributed by atoms with Crippen LogP contribution in [0.4, 0.5) is 13.2 Å². The molecule has 1 atom stereocenters. The lowest BCUT2D eigenvalue weighted by molar-refractivity contribution is -0.162. The quantitative estimate of drug-likeness (QED) is 0.484. The maximum absolute atomic E-state index is 13.6. The number of piperidine rings is 3. The maximum atomic E-state index is 13.6. The first-order chi connectivity index (χ1) is 21.5. The van der Waals surface area contributed by atoms with Crippen LogP contribution in [-0.4, -0.2) is 82.6 Å². The summed E-state index contributed by atoms with van der Waals surface area (Å²) in [6.07, 6.45) is -2.27. The van der Waals surface area contributed by atoms with Crippen LogP contribution in [0.25, 0.3) is 11.1 Å². The summed E-state index contributed by atoms with van der Waals surface area (Å²) in [5, 5.41) is 2.22. The summed E-state index contributed by atoms with van der Waals surface area (Å²) < 4.78 is 37.8. The van der Waals surface area contributed by atoms with E-state index in [1.165, 1.54) is 4.90 Å². The molecule has 12 heteroatoms. The van der Waals surface area contributed by atoms with E-state index < -0.39 is 48.2 Å². The molecule has 0 saturated carbocycles. The molecule has 0 bridgehead atoms. The largest absolute Gasteiger partial charge is 0.397 e. The van der Waals surface area contributed by atoms with Crippen molar-refractivity contribution in [2.24, 2.45) is 11.8 Å². The van der Waals surface area contributed by atoms with Crippen molar-refractivity contribution in [3.05, 3.63) is 59.2 Å². The molecule has 1 N–H and O–H groups in total. The van der Waals surface area contributed by atoms with Crippen LogP contribution in [-0.2, 0) is 20.9 Å². The predicted molar refractivity (Wildman–Crippen MR) is 157 cm³/mol. The summed E-state index contributed by atoms with van der Waals surface area (Å²) in [6, 6.07) is 11.9. The molecule has 2 aromatic rings. The van der Waals surface area contributed by atoms with Crippen molar-refractivity contribution in [3.8, 4) is 11.1 Å². The molecule has 238 valence electrons. The zero-order valence-corrected chi connectivity index (χ0v) is 24.8. The number of nitrogens with zero attached hydrogens (tertiary/aromatic N) is 3. The van der Waals surface area contributed by atoms with Crippen LogP contribution in [0.2, 0.25) is 0 Å². The van der Waals surface area contributed by atoms with E-state index in [1.54, 1.807) is 18.2 Å². The Morgan fingerprint density at radius 2 is 1.47 bits per heavy atom. The molecule has 1 unspecified atom stereocenters. The highest BCUT2D eigenvalue weighted by atomic mass is 19.4. The van der Waals surface area contributed by atoms with E-state index in [4.69, 9.17) is 0 Å². The van der Waals surface area contributed by atoms with Crippen LogP contribution < -0.4 is 5.32 Å². The highest BCUT2D eigenvalue weighted by Crippen LogP contribution is 2.36. The molecule has 4 aliphatic heterocycles. The Balaban J connectivity index is 1.07. The van der Waals surface area contributed by atoms with Crippen LogP contribution in [0.15, 0.2) is 42.5 Å². The molecule has 6 rings (SSSR count). The first kappa shape index (κ1) is 30.9.